The number of aliphatic carboxylic acids is 1. The number of likely N-dealkylation sites (tertiary alicyclic amines) is 1. The maximum Gasteiger partial charge on any atom is 0.326 e. The highest BCUT2D eigenvalue weighted by Crippen LogP contribution is 2.21. The Hall–Kier alpha value is -2.34. The van der Waals surface area contributed by atoms with Crippen LogP contribution in [0.4, 0.5) is 0 Å². The minimum atomic E-state index is -1.22. The summed E-state index contributed by atoms with van der Waals surface area (Å²) >= 11 is 4.06. The van der Waals surface area contributed by atoms with E-state index >= 15 is 0 Å². The Morgan fingerprint density at radius 1 is 1.20 bits per heavy atom. The predicted octanol–water partition coefficient (Wildman–Crippen LogP) is -1.79. The van der Waals surface area contributed by atoms with Crippen LogP contribution in [0, 0.1) is 5.92 Å². The van der Waals surface area contributed by atoms with Gasteiger partial charge in [0, 0.05) is 12.3 Å². The third-order valence-corrected chi connectivity index (χ3v) is 5.54. The zero-order valence-corrected chi connectivity index (χ0v) is 18.1. The summed E-state index contributed by atoms with van der Waals surface area (Å²) in [4.78, 5) is 61.5. The fourth-order valence-electron chi connectivity index (χ4n) is 3.19. The van der Waals surface area contributed by atoms with Gasteiger partial charge in [0.05, 0.1) is 12.5 Å². The molecule has 0 aromatic rings. The zero-order chi connectivity index (χ0) is 23.0. The van der Waals surface area contributed by atoms with Gasteiger partial charge in [-0.3, -0.25) is 19.2 Å². The molecule has 4 amide bonds. The highest BCUT2D eigenvalue weighted by Gasteiger charge is 2.39. The van der Waals surface area contributed by atoms with Gasteiger partial charge in [0.25, 0.3) is 0 Å². The Bertz CT molecular complexity index is 675. The van der Waals surface area contributed by atoms with Crippen LogP contribution in [0.3, 0.4) is 0 Å². The largest absolute Gasteiger partial charge is 0.480 e. The number of hydrogen-bond donors (Lipinski definition) is 6. The molecule has 0 aromatic heterocycles. The molecule has 5 atom stereocenters. The van der Waals surface area contributed by atoms with Gasteiger partial charge in [-0.25, -0.2) is 4.79 Å². The molecule has 1 heterocycles. The molecule has 1 fully saturated rings. The summed E-state index contributed by atoms with van der Waals surface area (Å²) in [7, 11) is 0. The molecular formula is C18H31N5O6S. The molecule has 0 aliphatic carbocycles. The molecule has 11 nitrogen and oxygen atoms in total. The minimum absolute atomic E-state index is 0.0796. The Morgan fingerprint density at radius 2 is 1.83 bits per heavy atom. The average molecular weight is 446 g/mol. The number of primary amides is 1. The van der Waals surface area contributed by atoms with Crippen LogP contribution in [0.25, 0.3) is 0 Å². The maximum absolute atomic E-state index is 13.0. The number of nitrogens with one attached hydrogen (secondary N) is 2. The number of thiol groups is 1. The van der Waals surface area contributed by atoms with E-state index in [1.165, 1.54) is 4.90 Å². The van der Waals surface area contributed by atoms with Crippen molar-refractivity contribution in [3.05, 3.63) is 0 Å². The molecule has 30 heavy (non-hydrogen) atoms. The first-order valence-electron chi connectivity index (χ1n) is 9.82. The predicted molar refractivity (Wildman–Crippen MR) is 111 cm³/mol. The molecule has 1 aliphatic rings. The average Bonchev–Trinajstić information content (AvgIpc) is 3.18. The minimum Gasteiger partial charge on any atom is -0.480 e. The first-order chi connectivity index (χ1) is 14.0. The lowest BCUT2D eigenvalue weighted by Gasteiger charge is -2.31. The highest BCUT2D eigenvalue weighted by molar-refractivity contribution is 7.80. The van der Waals surface area contributed by atoms with E-state index in [2.05, 4.69) is 23.3 Å². The fourth-order valence-corrected chi connectivity index (χ4v) is 3.44. The van der Waals surface area contributed by atoms with E-state index in [1.807, 2.05) is 6.92 Å². The third kappa shape index (κ3) is 6.87. The normalized spacial score (nSPS) is 20.0. The number of nitrogens with two attached hydrogens (primary N) is 2. The van der Waals surface area contributed by atoms with Crippen molar-refractivity contribution in [2.24, 2.45) is 17.4 Å². The number of carbonyl (C=O) groups is 5. The number of nitrogens with zero attached hydrogens (tertiary/aromatic N) is 1. The van der Waals surface area contributed by atoms with E-state index in [4.69, 9.17) is 11.5 Å². The van der Waals surface area contributed by atoms with E-state index in [9.17, 15) is 29.1 Å². The summed E-state index contributed by atoms with van der Waals surface area (Å²) in [5.74, 6) is -4.08. The van der Waals surface area contributed by atoms with Crippen molar-refractivity contribution < 1.29 is 29.1 Å². The molecule has 0 radical (unpaired) electrons. The monoisotopic (exact) mass is 445 g/mol. The lowest BCUT2D eigenvalue weighted by atomic mass is 9.97. The number of amides is 4. The summed E-state index contributed by atoms with van der Waals surface area (Å²) in [5, 5.41) is 14.4. The number of rotatable bonds is 11. The Balaban J connectivity index is 2.91. The molecule has 0 bridgehead atoms. The lowest BCUT2D eigenvalue weighted by molar-refractivity contribution is -0.150. The Kier molecular flexibility index (Phi) is 10.1. The van der Waals surface area contributed by atoms with Gasteiger partial charge in [-0.05, 0) is 18.8 Å². The van der Waals surface area contributed by atoms with Crippen molar-refractivity contribution in [2.75, 3.05) is 12.3 Å². The van der Waals surface area contributed by atoms with E-state index in [0.29, 0.717) is 25.8 Å². The van der Waals surface area contributed by atoms with Gasteiger partial charge < -0.3 is 32.1 Å². The van der Waals surface area contributed by atoms with Crippen LogP contribution in [-0.4, -0.2) is 76.1 Å². The second-order valence-corrected chi connectivity index (χ2v) is 7.79. The van der Waals surface area contributed by atoms with Crippen LogP contribution in [0.15, 0.2) is 0 Å². The fraction of sp³-hybridized carbons (Fsp3) is 0.722. The highest BCUT2D eigenvalue weighted by atomic mass is 32.1. The third-order valence-electron chi connectivity index (χ3n) is 5.17. The second-order valence-electron chi connectivity index (χ2n) is 7.42. The zero-order valence-electron chi connectivity index (χ0n) is 17.2. The molecule has 1 rings (SSSR count). The summed E-state index contributed by atoms with van der Waals surface area (Å²) in [6.45, 7) is 3.91. The number of carboxylic acids is 1. The Morgan fingerprint density at radius 3 is 2.33 bits per heavy atom. The topological polar surface area (TPSA) is 185 Å². The van der Waals surface area contributed by atoms with Crippen LogP contribution >= 0.6 is 12.6 Å². The van der Waals surface area contributed by atoms with Crippen LogP contribution < -0.4 is 22.1 Å². The quantitative estimate of drug-likeness (QED) is 0.203. The van der Waals surface area contributed by atoms with Crippen molar-refractivity contribution in [3.8, 4) is 0 Å². The van der Waals surface area contributed by atoms with Gasteiger partial charge >= 0.3 is 5.97 Å². The van der Waals surface area contributed by atoms with Crippen molar-refractivity contribution in [3.63, 3.8) is 0 Å². The molecule has 0 saturated carbocycles. The molecule has 1 aliphatic heterocycles. The molecule has 0 spiro atoms. The van der Waals surface area contributed by atoms with Crippen molar-refractivity contribution in [2.45, 2.75) is 63.7 Å². The molecule has 7 N–H and O–H groups in total. The van der Waals surface area contributed by atoms with Gasteiger partial charge in [-0.1, -0.05) is 20.3 Å². The van der Waals surface area contributed by atoms with Crippen LogP contribution in [0.5, 0.6) is 0 Å². The van der Waals surface area contributed by atoms with Crippen LogP contribution in [-0.2, 0) is 24.0 Å². The summed E-state index contributed by atoms with van der Waals surface area (Å²) in [5.41, 5.74) is 10.6. The van der Waals surface area contributed by atoms with Crippen molar-refractivity contribution in [1.29, 1.82) is 0 Å². The Labute approximate surface area is 180 Å². The van der Waals surface area contributed by atoms with Crippen LogP contribution in [0.1, 0.15) is 39.5 Å². The summed E-state index contributed by atoms with van der Waals surface area (Å²) in [6, 6.07) is -4.20. The van der Waals surface area contributed by atoms with Crippen LogP contribution in [0.2, 0.25) is 0 Å². The van der Waals surface area contributed by atoms with E-state index in [-0.39, 0.29) is 18.1 Å². The maximum atomic E-state index is 13.0. The van der Waals surface area contributed by atoms with Crippen molar-refractivity contribution in [1.82, 2.24) is 15.5 Å². The molecule has 1 saturated heterocycles. The molecule has 170 valence electrons. The smallest absolute Gasteiger partial charge is 0.326 e. The molecule has 12 heteroatoms. The summed E-state index contributed by atoms with van der Waals surface area (Å²) < 4.78 is 0. The second kappa shape index (κ2) is 11.7. The van der Waals surface area contributed by atoms with E-state index in [1.54, 1.807) is 6.92 Å². The molecule has 5 unspecified atom stereocenters. The first-order valence-corrected chi connectivity index (χ1v) is 10.4. The number of carbonyl (C=O) groups excluding carboxylic acids is 4. The van der Waals surface area contributed by atoms with E-state index < -0.39 is 53.8 Å². The van der Waals surface area contributed by atoms with E-state index in [0.717, 1.165) is 0 Å². The molecular weight excluding hydrogens is 414 g/mol. The standard InChI is InChI=1S/C18H31N5O6S/c1-3-9(2)14(17(27)23-6-4-5-12(23)18(28)29)22-16(26)11(8-30)21-15(25)10(19)7-13(20)24/h9-12,14,30H,3-8,19H2,1-2H3,(H2,20,24)(H,21,25)(H,22,26)(H,28,29). The molecule has 0 aromatic carbocycles. The van der Waals surface area contributed by atoms with Gasteiger partial charge in [-0.15, -0.1) is 0 Å². The van der Waals surface area contributed by atoms with Gasteiger partial charge in [0.2, 0.25) is 23.6 Å². The van der Waals surface area contributed by atoms with Gasteiger partial charge in [-0.2, -0.15) is 12.6 Å². The SMILES string of the molecule is CCC(C)C(NC(=O)C(CS)NC(=O)C(N)CC(N)=O)C(=O)N1CCCC1C(=O)O. The number of hydrogen-bond acceptors (Lipinski definition) is 7. The van der Waals surface area contributed by atoms with Gasteiger partial charge in [0.1, 0.15) is 18.1 Å². The first kappa shape index (κ1) is 25.7. The van der Waals surface area contributed by atoms with Crippen molar-refractivity contribution >= 4 is 42.2 Å². The summed E-state index contributed by atoms with van der Waals surface area (Å²) in [6.07, 6.45) is 1.10. The lowest BCUT2D eigenvalue weighted by Crippen LogP contribution is -2.59. The van der Waals surface area contributed by atoms with Gasteiger partial charge in [0.15, 0.2) is 0 Å². The number of carboxylic acid groups (broad SMARTS) is 1.